The summed E-state index contributed by atoms with van der Waals surface area (Å²) in [5.41, 5.74) is 5.35. The van der Waals surface area contributed by atoms with Crippen molar-refractivity contribution in [2.24, 2.45) is 5.73 Å². The normalized spacial score (nSPS) is 12.4. The standard InChI is InChI=1S/C8H9NO4S/c9-7(8(12)13)5-2-1-4(14-5)3-6(10)11/h1-2,7H,3,9H2,(H,10,11)(H,12,13). The number of carboxylic acid groups (broad SMARTS) is 2. The largest absolute Gasteiger partial charge is 0.481 e. The molecule has 0 radical (unpaired) electrons. The summed E-state index contributed by atoms with van der Waals surface area (Å²) >= 11 is 1.11. The summed E-state index contributed by atoms with van der Waals surface area (Å²) in [6.07, 6.45) is -0.100. The number of thiophene rings is 1. The van der Waals surface area contributed by atoms with Gasteiger partial charge in [0.2, 0.25) is 0 Å². The van der Waals surface area contributed by atoms with Crippen LogP contribution in [0.15, 0.2) is 12.1 Å². The lowest BCUT2D eigenvalue weighted by Gasteiger charge is -2.00. The fraction of sp³-hybridized carbons (Fsp3) is 0.250. The zero-order valence-electron chi connectivity index (χ0n) is 7.14. The molecule has 1 atom stereocenters. The third kappa shape index (κ3) is 2.54. The third-order valence-electron chi connectivity index (χ3n) is 1.58. The Morgan fingerprint density at radius 3 is 2.57 bits per heavy atom. The van der Waals surface area contributed by atoms with Gasteiger partial charge in [0.1, 0.15) is 6.04 Å². The first kappa shape index (κ1) is 10.7. The molecule has 0 aliphatic heterocycles. The number of carbonyl (C=O) groups is 2. The predicted molar refractivity (Wildman–Crippen MR) is 50.2 cm³/mol. The molecule has 14 heavy (non-hydrogen) atoms. The lowest BCUT2D eigenvalue weighted by molar-refractivity contribution is -0.138. The first-order chi connectivity index (χ1) is 6.50. The molecule has 6 heteroatoms. The Bertz CT molecular complexity index is 360. The zero-order chi connectivity index (χ0) is 10.7. The van der Waals surface area contributed by atoms with Crippen molar-refractivity contribution in [3.8, 4) is 0 Å². The van der Waals surface area contributed by atoms with Gasteiger partial charge in [-0.15, -0.1) is 11.3 Å². The minimum Gasteiger partial charge on any atom is -0.481 e. The SMILES string of the molecule is NC(C(=O)O)c1ccc(CC(=O)O)s1. The van der Waals surface area contributed by atoms with Crippen molar-refractivity contribution in [2.45, 2.75) is 12.5 Å². The second kappa shape index (κ2) is 4.21. The van der Waals surface area contributed by atoms with E-state index >= 15 is 0 Å². The number of carboxylic acids is 2. The average molecular weight is 215 g/mol. The van der Waals surface area contributed by atoms with E-state index in [0.717, 1.165) is 11.3 Å². The van der Waals surface area contributed by atoms with Crippen LogP contribution in [0.4, 0.5) is 0 Å². The van der Waals surface area contributed by atoms with Crippen LogP contribution in [-0.4, -0.2) is 22.2 Å². The average Bonchev–Trinajstić information content (AvgIpc) is 2.50. The van der Waals surface area contributed by atoms with Crippen molar-refractivity contribution < 1.29 is 19.8 Å². The maximum absolute atomic E-state index is 10.5. The van der Waals surface area contributed by atoms with Crippen LogP contribution in [0.3, 0.4) is 0 Å². The second-order valence-corrected chi connectivity index (χ2v) is 3.89. The van der Waals surface area contributed by atoms with Gasteiger partial charge in [-0.25, -0.2) is 0 Å². The summed E-state index contributed by atoms with van der Waals surface area (Å²) in [5.74, 6) is -2.06. The molecule has 4 N–H and O–H groups in total. The van der Waals surface area contributed by atoms with Crippen molar-refractivity contribution >= 4 is 23.3 Å². The van der Waals surface area contributed by atoms with Gasteiger partial charge in [-0.1, -0.05) is 0 Å². The van der Waals surface area contributed by atoms with Crippen LogP contribution < -0.4 is 5.73 Å². The Morgan fingerprint density at radius 1 is 1.43 bits per heavy atom. The van der Waals surface area contributed by atoms with E-state index in [1.165, 1.54) is 0 Å². The highest BCUT2D eigenvalue weighted by Gasteiger charge is 2.16. The molecule has 0 spiro atoms. The lowest BCUT2D eigenvalue weighted by atomic mass is 10.2. The van der Waals surface area contributed by atoms with Gasteiger partial charge in [0, 0.05) is 9.75 Å². The van der Waals surface area contributed by atoms with Crippen LogP contribution in [-0.2, 0) is 16.0 Å². The number of hydrogen-bond donors (Lipinski definition) is 3. The van der Waals surface area contributed by atoms with Crippen LogP contribution in [0.1, 0.15) is 15.8 Å². The Kier molecular flexibility index (Phi) is 3.21. The Labute approximate surface area is 83.8 Å². The van der Waals surface area contributed by atoms with Gasteiger partial charge < -0.3 is 15.9 Å². The highest BCUT2D eigenvalue weighted by atomic mass is 32.1. The first-order valence-electron chi connectivity index (χ1n) is 3.79. The number of nitrogens with two attached hydrogens (primary N) is 1. The molecule has 0 saturated carbocycles. The van der Waals surface area contributed by atoms with E-state index in [4.69, 9.17) is 15.9 Å². The molecular formula is C8H9NO4S. The summed E-state index contributed by atoms with van der Waals surface area (Å²) < 4.78 is 0. The van der Waals surface area contributed by atoms with Gasteiger partial charge in [-0.3, -0.25) is 9.59 Å². The van der Waals surface area contributed by atoms with Crippen LogP contribution >= 0.6 is 11.3 Å². The molecule has 1 heterocycles. The zero-order valence-corrected chi connectivity index (χ0v) is 7.95. The molecule has 0 aromatic carbocycles. The third-order valence-corrected chi connectivity index (χ3v) is 2.75. The van der Waals surface area contributed by atoms with E-state index in [9.17, 15) is 9.59 Å². The van der Waals surface area contributed by atoms with E-state index in [1.807, 2.05) is 0 Å². The van der Waals surface area contributed by atoms with Gasteiger partial charge in [0.25, 0.3) is 0 Å². The van der Waals surface area contributed by atoms with Crippen LogP contribution in [0.2, 0.25) is 0 Å². The summed E-state index contributed by atoms with van der Waals surface area (Å²) in [6, 6.07) is 2.06. The molecule has 0 aliphatic carbocycles. The Hall–Kier alpha value is -1.40. The van der Waals surface area contributed by atoms with Gasteiger partial charge in [0.15, 0.2) is 0 Å². The molecule has 1 rings (SSSR count). The summed E-state index contributed by atoms with van der Waals surface area (Å²) in [5, 5.41) is 17.1. The summed E-state index contributed by atoms with van der Waals surface area (Å²) in [4.78, 5) is 21.9. The maximum Gasteiger partial charge on any atom is 0.325 e. The molecule has 1 unspecified atom stereocenters. The van der Waals surface area contributed by atoms with E-state index in [1.54, 1.807) is 12.1 Å². The fourth-order valence-electron chi connectivity index (χ4n) is 0.927. The topological polar surface area (TPSA) is 101 Å². The van der Waals surface area contributed by atoms with Gasteiger partial charge >= 0.3 is 11.9 Å². The Morgan fingerprint density at radius 2 is 2.07 bits per heavy atom. The molecule has 0 aliphatic rings. The van der Waals surface area contributed by atoms with Gasteiger partial charge in [0.05, 0.1) is 6.42 Å². The van der Waals surface area contributed by atoms with Gasteiger partial charge in [-0.2, -0.15) is 0 Å². The molecule has 0 amide bonds. The molecule has 1 aromatic rings. The van der Waals surface area contributed by atoms with Crippen LogP contribution in [0.5, 0.6) is 0 Å². The summed E-state index contributed by atoms with van der Waals surface area (Å²) in [7, 11) is 0. The van der Waals surface area contributed by atoms with Gasteiger partial charge in [-0.05, 0) is 12.1 Å². The van der Waals surface area contributed by atoms with Crippen molar-refractivity contribution in [3.63, 3.8) is 0 Å². The number of rotatable bonds is 4. The van der Waals surface area contributed by atoms with Crippen molar-refractivity contribution in [3.05, 3.63) is 21.9 Å². The quantitative estimate of drug-likeness (QED) is 0.677. The summed E-state index contributed by atoms with van der Waals surface area (Å²) in [6.45, 7) is 0. The minimum absolute atomic E-state index is 0.100. The van der Waals surface area contributed by atoms with Crippen LogP contribution in [0, 0.1) is 0 Å². The minimum atomic E-state index is -1.12. The number of hydrogen-bond acceptors (Lipinski definition) is 4. The molecule has 1 aromatic heterocycles. The van der Waals surface area contributed by atoms with E-state index in [0.29, 0.717) is 9.75 Å². The highest BCUT2D eigenvalue weighted by Crippen LogP contribution is 2.22. The molecule has 76 valence electrons. The maximum atomic E-state index is 10.5. The van der Waals surface area contributed by atoms with E-state index in [-0.39, 0.29) is 6.42 Å². The Balaban J connectivity index is 2.77. The first-order valence-corrected chi connectivity index (χ1v) is 4.61. The smallest absolute Gasteiger partial charge is 0.325 e. The number of aliphatic carboxylic acids is 2. The molecular weight excluding hydrogens is 206 g/mol. The monoisotopic (exact) mass is 215 g/mol. The van der Waals surface area contributed by atoms with E-state index < -0.39 is 18.0 Å². The molecule has 0 bridgehead atoms. The van der Waals surface area contributed by atoms with Crippen molar-refractivity contribution in [1.29, 1.82) is 0 Å². The second-order valence-electron chi connectivity index (χ2n) is 2.69. The van der Waals surface area contributed by atoms with Crippen molar-refractivity contribution in [2.75, 3.05) is 0 Å². The lowest BCUT2D eigenvalue weighted by Crippen LogP contribution is -2.19. The van der Waals surface area contributed by atoms with Crippen molar-refractivity contribution in [1.82, 2.24) is 0 Å². The fourth-order valence-corrected chi connectivity index (χ4v) is 1.93. The molecule has 0 saturated heterocycles. The highest BCUT2D eigenvalue weighted by molar-refractivity contribution is 7.12. The molecule has 5 nitrogen and oxygen atoms in total. The predicted octanol–water partition coefficient (Wildman–Crippen LogP) is 0.460. The van der Waals surface area contributed by atoms with Crippen LogP contribution in [0.25, 0.3) is 0 Å². The molecule has 0 fully saturated rings. The van der Waals surface area contributed by atoms with E-state index in [2.05, 4.69) is 0 Å².